The zero-order valence-electron chi connectivity index (χ0n) is 22.8. The van der Waals surface area contributed by atoms with Crippen LogP contribution < -0.4 is 9.64 Å². The van der Waals surface area contributed by atoms with E-state index in [1.165, 1.54) is 6.07 Å². The molecule has 0 saturated heterocycles. The normalized spacial score (nSPS) is 12.3. The molecule has 0 heterocycles. The first kappa shape index (κ1) is 36.2. The lowest BCUT2D eigenvalue weighted by Gasteiger charge is -2.26. The highest BCUT2D eigenvalue weighted by atomic mass is 35.5. The molecule has 3 atom stereocenters. The summed E-state index contributed by atoms with van der Waals surface area (Å²) in [6.07, 6.45) is 4.29. The summed E-state index contributed by atoms with van der Waals surface area (Å²) in [5, 5.41) is 14.7. The van der Waals surface area contributed by atoms with E-state index in [4.69, 9.17) is 31.3 Å². The minimum Gasteiger partial charge on any atom is -0.489 e. The summed E-state index contributed by atoms with van der Waals surface area (Å²) in [5.41, 5.74) is 2.21. The van der Waals surface area contributed by atoms with Gasteiger partial charge >= 0.3 is 0 Å². The fourth-order valence-corrected chi connectivity index (χ4v) is 3.29. The number of hydrogen-bond donors (Lipinski definition) is 2. The second-order valence-electron chi connectivity index (χ2n) is 7.73. The Labute approximate surface area is 237 Å². The van der Waals surface area contributed by atoms with Crippen LogP contribution in [0.5, 0.6) is 5.75 Å². The highest BCUT2D eigenvalue weighted by molar-refractivity contribution is 7.16. The maximum Gasteiger partial charge on any atom is 0.208 e. The van der Waals surface area contributed by atoms with E-state index in [2.05, 4.69) is 11.5 Å². The minimum atomic E-state index is -1.75. The maximum absolute atomic E-state index is 14.8. The number of ether oxygens (including phenoxy) is 2. The van der Waals surface area contributed by atoms with Crippen LogP contribution >= 0.6 is 20.8 Å². The highest BCUT2D eigenvalue weighted by Gasteiger charge is 2.16. The number of anilines is 1. The van der Waals surface area contributed by atoms with Gasteiger partial charge in [-0.25, -0.2) is 8.78 Å². The Bertz CT molecular complexity index is 1060. The summed E-state index contributed by atoms with van der Waals surface area (Å²) in [6, 6.07) is 12.6. The van der Waals surface area contributed by atoms with Crippen LogP contribution in [-0.4, -0.2) is 42.4 Å². The molecule has 0 aromatic heterocycles. The van der Waals surface area contributed by atoms with E-state index in [-0.39, 0.29) is 12.4 Å². The second kappa shape index (κ2) is 21.1. The van der Waals surface area contributed by atoms with E-state index >= 15 is 0 Å². The van der Waals surface area contributed by atoms with Gasteiger partial charge in [-0.1, -0.05) is 52.5 Å². The van der Waals surface area contributed by atoms with E-state index in [0.29, 0.717) is 41.6 Å². The number of allylic oxidation sites excluding steroid dienone is 4. The quantitative estimate of drug-likeness (QED) is 0.119. The number of alkyl halides is 1. The van der Waals surface area contributed by atoms with Crippen molar-refractivity contribution >= 4 is 32.8 Å². The highest BCUT2D eigenvalue weighted by Crippen LogP contribution is 2.27. The monoisotopic (exact) mass is 585 g/mol. The number of aliphatic hydroxyl groups is 2. The van der Waals surface area contributed by atoms with Gasteiger partial charge in [-0.2, -0.15) is 0 Å². The Kier molecular flexibility index (Phi) is 19.6. The third-order valence-corrected chi connectivity index (χ3v) is 5.15. The molecule has 3 unspecified atom stereocenters. The molecule has 39 heavy (non-hydrogen) atoms. The van der Waals surface area contributed by atoms with Crippen LogP contribution in [0.3, 0.4) is 0 Å². The lowest BCUT2D eigenvalue weighted by molar-refractivity contribution is -0.113. The van der Waals surface area contributed by atoms with Crippen molar-refractivity contribution in [3.8, 4) is 5.75 Å². The van der Waals surface area contributed by atoms with Crippen molar-refractivity contribution in [3.05, 3.63) is 95.0 Å². The zero-order valence-corrected chi connectivity index (χ0v) is 24.7. The van der Waals surface area contributed by atoms with Crippen molar-refractivity contribution in [3.63, 3.8) is 0 Å². The van der Waals surface area contributed by atoms with Gasteiger partial charge in [-0.15, -0.1) is 0 Å². The van der Waals surface area contributed by atoms with Gasteiger partial charge in [0.2, 0.25) is 6.10 Å². The van der Waals surface area contributed by atoms with E-state index < -0.39 is 12.2 Å². The number of hydrogen-bond acceptors (Lipinski definition) is 6. The van der Waals surface area contributed by atoms with Crippen LogP contribution in [0.1, 0.15) is 38.3 Å². The number of aldehydes is 1. The minimum absolute atomic E-state index is 0.0674. The number of benzene rings is 2. The Morgan fingerprint density at radius 3 is 2.38 bits per heavy atom. The Morgan fingerprint density at radius 1 is 1.21 bits per heavy atom. The van der Waals surface area contributed by atoms with E-state index in [1.807, 2.05) is 51.1 Å². The first-order valence-corrected chi connectivity index (χ1v) is 13.3. The molecule has 0 saturated carbocycles. The molecule has 0 bridgehead atoms. The molecule has 0 spiro atoms. The third kappa shape index (κ3) is 14.8. The molecule has 2 aromatic carbocycles. The molecule has 2 rings (SSSR count). The first-order valence-electron chi connectivity index (χ1n) is 12.2. The topological polar surface area (TPSA) is 79.2 Å². The Balaban J connectivity index is 0.00000220. The molecule has 0 aliphatic carbocycles. The van der Waals surface area contributed by atoms with Crippen molar-refractivity contribution in [1.29, 1.82) is 0 Å². The second-order valence-corrected chi connectivity index (χ2v) is 8.77. The average molecular weight is 586 g/mol. The summed E-state index contributed by atoms with van der Waals surface area (Å²) < 4.78 is 36.9. The van der Waals surface area contributed by atoms with Gasteiger partial charge in [0.15, 0.2) is 12.4 Å². The fraction of sp³-hybridized carbons (Fsp3) is 0.345. The summed E-state index contributed by atoms with van der Waals surface area (Å²) in [5.74, 6) is 0.872. The van der Waals surface area contributed by atoms with E-state index in [1.54, 1.807) is 33.5 Å². The number of rotatable bonds is 13. The van der Waals surface area contributed by atoms with Crippen molar-refractivity contribution in [2.45, 2.75) is 52.5 Å². The van der Waals surface area contributed by atoms with E-state index in [9.17, 15) is 13.6 Å². The van der Waals surface area contributed by atoms with Gasteiger partial charge in [0.1, 0.15) is 23.9 Å². The van der Waals surface area contributed by atoms with Crippen molar-refractivity contribution in [2.24, 2.45) is 0 Å². The van der Waals surface area contributed by atoms with Gasteiger partial charge in [0.25, 0.3) is 0 Å². The lowest BCUT2D eigenvalue weighted by Crippen LogP contribution is -2.24. The number of aliphatic hydroxyl groups excluding tert-OH is 2. The van der Waals surface area contributed by atoms with E-state index in [0.717, 1.165) is 24.6 Å². The lowest BCUT2D eigenvalue weighted by atomic mass is 10.1. The van der Waals surface area contributed by atoms with Crippen LogP contribution in [0.4, 0.5) is 14.5 Å². The molecule has 0 aliphatic rings. The molecule has 216 valence electrons. The molecular formula is C29H39ClF2NO5P. The predicted molar refractivity (Wildman–Crippen MR) is 158 cm³/mol. The maximum atomic E-state index is 14.8. The first-order chi connectivity index (χ1) is 18.6. The van der Waals surface area contributed by atoms with Gasteiger partial charge < -0.3 is 24.6 Å². The van der Waals surface area contributed by atoms with Crippen LogP contribution in [0, 0.1) is 5.82 Å². The van der Waals surface area contributed by atoms with Gasteiger partial charge in [0.05, 0.1) is 0 Å². The summed E-state index contributed by atoms with van der Waals surface area (Å²) >= 11 is 5.78. The molecule has 2 aromatic rings. The summed E-state index contributed by atoms with van der Waals surface area (Å²) in [4.78, 5) is 13.2. The molecule has 0 radical (unpaired) electrons. The van der Waals surface area contributed by atoms with Gasteiger partial charge in [0, 0.05) is 36.5 Å². The Morgan fingerprint density at radius 2 is 1.85 bits per heavy atom. The Hall–Kier alpha value is -2.77. The molecule has 0 aliphatic heterocycles. The molecule has 0 amide bonds. The van der Waals surface area contributed by atoms with Crippen molar-refractivity contribution < 1.29 is 33.3 Å². The summed E-state index contributed by atoms with van der Waals surface area (Å²) in [7, 11) is 2.55. The van der Waals surface area contributed by atoms with Crippen molar-refractivity contribution in [1.82, 2.24) is 0 Å². The number of nitrogens with zero attached hydrogens (tertiary/aromatic N) is 1. The molecule has 2 N–H and O–H groups in total. The number of halogens is 3. The van der Waals surface area contributed by atoms with Crippen LogP contribution in [-0.2, 0) is 22.7 Å². The SMILES string of the molecule is C=C(Cl)/C=C\C(=C/C)OCc1c(F)cccc1N(CC)Cc1cccc(OC(C=O)CC)c1.CO.OC(F)P. The fourth-order valence-electron chi connectivity index (χ4n) is 3.23. The molecule has 10 heteroatoms. The third-order valence-electron chi connectivity index (χ3n) is 5.03. The van der Waals surface area contributed by atoms with Crippen molar-refractivity contribution in [2.75, 3.05) is 18.6 Å². The zero-order chi connectivity index (χ0) is 29.8. The number of carbonyl (C=O) groups is 1. The van der Waals surface area contributed by atoms with Gasteiger partial charge in [-0.3, -0.25) is 4.79 Å². The predicted octanol–water partition coefficient (Wildman–Crippen LogP) is 6.65. The average Bonchev–Trinajstić information content (AvgIpc) is 2.92. The van der Waals surface area contributed by atoms with Crippen LogP contribution in [0.15, 0.2) is 78.1 Å². The smallest absolute Gasteiger partial charge is 0.208 e. The summed E-state index contributed by atoms with van der Waals surface area (Å²) in [6.45, 7) is 10.6. The standard InChI is InChI=1S/C27H31ClFNO3.CH4FOP.CH4O/c1-5-22(15-14-20(4)28)32-19-25-26(29)12-9-13-27(25)30(7-3)17-21-10-8-11-24(16-21)33-23(6-2)18-31;2-1(3)4;1-2/h5,8-16,18,23H,4,6-7,17,19H2,1-3H3;1,3H,4H2;2H,1H3/b15-14-,22-5+;;. The molecule has 0 fully saturated rings. The largest absolute Gasteiger partial charge is 0.489 e. The molecular weight excluding hydrogens is 547 g/mol. The van der Waals surface area contributed by atoms with Gasteiger partial charge in [-0.05, 0) is 68.3 Å². The number of carbonyl (C=O) groups excluding carboxylic acids is 1. The van der Waals surface area contributed by atoms with Crippen LogP contribution in [0.25, 0.3) is 0 Å². The molecule has 6 nitrogen and oxygen atoms in total. The van der Waals surface area contributed by atoms with Crippen LogP contribution in [0.2, 0.25) is 0 Å².